The molecule has 0 radical (unpaired) electrons. The standard InChI is InChI=1S/C25H25N5O2/c1-15(2)20-9-7-19(8-10-20)14-27-28-24(31)23-18(5)22(13-26)25(32)30(29-23)21-11-6-16(3)17(4)12-21/h6-12,14-15H,1-5H3,(H,28,31)/b27-14+. The van der Waals surface area contributed by atoms with Crippen molar-refractivity contribution in [3.8, 4) is 11.8 Å². The summed E-state index contributed by atoms with van der Waals surface area (Å²) in [5.74, 6) is -0.177. The molecule has 0 fully saturated rings. The number of nitrogens with zero attached hydrogens (tertiary/aromatic N) is 4. The Bertz CT molecular complexity index is 1300. The van der Waals surface area contributed by atoms with Gasteiger partial charge in [0.15, 0.2) is 5.69 Å². The first-order valence-corrected chi connectivity index (χ1v) is 10.3. The van der Waals surface area contributed by atoms with E-state index in [0.717, 1.165) is 21.4 Å². The molecule has 1 aromatic heterocycles. The highest BCUT2D eigenvalue weighted by Gasteiger charge is 2.20. The number of aryl methyl sites for hydroxylation is 2. The van der Waals surface area contributed by atoms with Crippen LogP contribution in [0.3, 0.4) is 0 Å². The zero-order valence-electron chi connectivity index (χ0n) is 18.8. The molecule has 2 aromatic carbocycles. The summed E-state index contributed by atoms with van der Waals surface area (Å²) in [6, 6.07) is 15.1. The summed E-state index contributed by atoms with van der Waals surface area (Å²) in [6.07, 6.45) is 1.53. The van der Waals surface area contributed by atoms with E-state index < -0.39 is 11.5 Å². The fourth-order valence-corrected chi connectivity index (χ4v) is 3.17. The molecule has 0 bridgehead atoms. The molecule has 3 aromatic rings. The molecule has 0 saturated heterocycles. The Labute approximate surface area is 187 Å². The first kappa shape index (κ1) is 22.6. The fourth-order valence-electron chi connectivity index (χ4n) is 3.17. The number of amides is 1. The maximum Gasteiger partial charge on any atom is 0.292 e. The molecule has 0 aliphatic heterocycles. The third kappa shape index (κ3) is 4.65. The Morgan fingerprint density at radius 1 is 1.12 bits per heavy atom. The molecule has 0 aliphatic rings. The molecule has 1 amide bonds. The molecule has 162 valence electrons. The van der Waals surface area contributed by atoms with E-state index in [1.54, 1.807) is 12.1 Å². The van der Waals surface area contributed by atoms with Crippen molar-refractivity contribution in [2.75, 3.05) is 0 Å². The monoisotopic (exact) mass is 427 g/mol. The van der Waals surface area contributed by atoms with E-state index in [2.05, 4.69) is 29.5 Å². The molecule has 1 N–H and O–H groups in total. The number of rotatable bonds is 5. The van der Waals surface area contributed by atoms with Crippen LogP contribution in [0.25, 0.3) is 5.69 Å². The van der Waals surface area contributed by atoms with Crippen molar-refractivity contribution in [3.63, 3.8) is 0 Å². The topological polar surface area (TPSA) is 100 Å². The van der Waals surface area contributed by atoms with E-state index >= 15 is 0 Å². The number of nitrogens with one attached hydrogen (secondary N) is 1. The zero-order valence-corrected chi connectivity index (χ0v) is 18.8. The number of hydrogen-bond donors (Lipinski definition) is 1. The van der Waals surface area contributed by atoms with Crippen LogP contribution in [0.4, 0.5) is 0 Å². The predicted octanol–water partition coefficient (Wildman–Crippen LogP) is 3.92. The Hall–Kier alpha value is -4.05. The smallest absolute Gasteiger partial charge is 0.266 e. The van der Waals surface area contributed by atoms with E-state index in [-0.39, 0.29) is 16.8 Å². The number of carbonyl (C=O) groups excluding carboxylic acids is 1. The number of carbonyl (C=O) groups is 1. The molecule has 32 heavy (non-hydrogen) atoms. The second-order valence-corrected chi connectivity index (χ2v) is 7.97. The summed E-state index contributed by atoms with van der Waals surface area (Å²) in [7, 11) is 0. The minimum Gasteiger partial charge on any atom is -0.266 e. The van der Waals surface area contributed by atoms with Crippen LogP contribution >= 0.6 is 0 Å². The lowest BCUT2D eigenvalue weighted by atomic mass is 10.0. The van der Waals surface area contributed by atoms with Crippen LogP contribution in [0.2, 0.25) is 0 Å². The van der Waals surface area contributed by atoms with Crippen molar-refractivity contribution in [1.82, 2.24) is 15.2 Å². The number of nitriles is 1. The number of aromatic nitrogens is 2. The van der Waals surface area contributed by atoms with Gasteiger partial charge in [-0.25, -0.2) is 5.43 Å². The van der Waals surface area contributed by atoms with E-state index in [1.165, 1.54) is 18.7 Å². The normalized spacial score (nSPS) is 11.0. The van der Waals surface area contributed by atoms with Gasteiger partial charge in [0.05, 0.1) is 11.9 Å². The molecular formula is C25H25N5O2. The lowest BCUT2D eigenvalue weighted by Gasteiger charge is -2.11. The van der Waals surface area contributed by atoms with Gasteiger partial charge in [-0.05, 0) is 61.1 Å². The maximum atomic E-state index is 12.8. The minimum absolute atomic E-state index is 0.0355. The maximum absolute atomic E-state index is 12.8. The summed E-state index contributed by atoms with van der Waals surface area (Å²) in [6.45, 7) is 9.63. The van der Waals surface area contributed by atoms with Crippen molar-refractivity contribution in [2.24, 2.45) is 5.10 Å². The highest BCUT2D eigenvalue weighted by Crippen LogP contribution is 2.15. The van der Waals surface area contributed by atoms with Crippen molar-refractivity contribution in [1.29, 1.82) is 5.26 Å². The summed E-state index contributed by atoms with van der Waals surface area (Å²) >= 11 is 0. The van der Waals surface area contributed by atoms with Crippen LogP contribution in [-0.2, 0) is 0 Å². The summed E-state index contributed by atoms with van der Waals surface area (Å²) in [5, 5.41) is 17.8. The number of hydrazone groups is 1. The molecule has 0 unspecified atom stereocenters. The van der Waals surface area contributed by atoms with Crippen molar-refractivity contribution in [2.45, 2.75) is 40.5 Å². The lowest BCUT2D eigenvalue weighted by molar-refractivity contribution is 0.0947. The second kappa shape index (κ2) is 9.40. The Morgan fingerprint density at radius 3 is 2.41 bits per heavy atom. The van der Waals surface area contributed by atoms with Gasteiger partial charge < -0.3 is 0 Å². The molecule has 7 nitrogen and oxygen atoms in total. The average molecular weight is 428 g/mol. The van der Waals surface area contributed by atoms with Crippen LogP contribution in [0, 0.1) is 32.1 Å². The van der Waals surface area contributed by atoms with Crippen molar-refractivity contribution >= 4 is 12.1 Å². The highest BCUT2D eigenvalue weighted by molar-refractivity contribution is 5.94. The van der Waals surface area contributed by atoms with Gasteiger partial charge >= 0.3 is 0 Å². The molecule has 0 spiro atoms. The van der Waals surface area contributed by atoms with Gasteiger partial charge in [-0.15, -0.1) is 0 Å². The molecule has 0 atom stereocenters. The predicted molar refractivity (Wildman–Crippen MR) is 124 cm³/mol. The van der Waals surface area contributed by atoms with E-state index in [4.69, 9.17) is 0 Å². The van der Waals surface area contributed by atoms with Gasteiger partial charge in [0.25, 0.3) is 11.5 Å². The Balaban J connectivity index is 1.92. The molecular weight excluding hydrogens is 402 g/mol. The lowest BCUT2D eigenvalue weighted by Crippen LogP contribution is -2.31. The summed E-state index contributed by atoms with van der Waals surface area (Å²) < 4.78 is 1.08. The fraction of sp³-hybridized carbons (Fsp3) is 0.240. The van der Waals surface area contributed by atoms with E-state index in [0.29, 0.717) is 11.6 Å². The van der Waals surface area contributed by atoms with E-state index in [1.807, 2.05) is 50.2 Å². The number of hydrogen-bond acceptors (Lipinski definition) is 5. The molecule has 0 aliphatic carbocycles. The van der Waals surface area contributed by atoms with Gasteiger partial charge in [-0.3, -0.25) is 9.59 Å². The van der Waals surface area contributed by atoms with Gasteiger partial charge in [0, 0.05) is 5.56 Å². The highest BCUT2D eigenvalue weighted by atomic mass is 16.2. The largest absolute Gasteiger partial charge is 0.292 e. The third-order valence-corrected chi connectivity index (χ3v) is 5.38. The first-order chi connectivity index (χ1) is 15.2. The average Bonchev–Trinajstić information content (AvgIpc) is 2.76. The Morgan fingerprint density at radius 2 is 1.81 bits per heavy atom. The minimum atomic E-state index is -0.605. The van der Waals surface area contributed by atoms with Crippen LogP contribution in [0.15, 0.2) is 52.4 Å². The van der Waals surface area contributed by atoms with Gasteiger partial charge in [0.1, 0.15) is 11.6 Å². The van der Waals surface area contributed by atoms with Crippen LogP contribution < -0.4 is 11.0 Å². The zero-order chi connectivity index (χ0) is 23.4. The SMILES string of the molecule is Cc1ccc(-n2nc(C(=O)N/N=C/c3ccc(C(C)C)cc3)c(C)c(C#N)c2=O)cc1C. The quantitative estimate of drug-likeness (QED) is 0.493. The van der Waals surface area contributed by atoms with Gasteiger partial charge in [-0.1, -0.05) is 44.2 Å². The molecule has 0 saturated carbocycles. The van der Waals surface area contributed by atoms with Crippen molar-refractivity contribution < 1.29 is 4.79 Å². The molecule has 1 heterocycles. The number of benzene rings is 2. The molecule has 7 heteroatoms. The van der Waals surface area contributed by atoms with Gasteiger partial charge in [0.2, 0.25) is 0 Å². The first-order valence-electron chi connectivity index (χ1n) is 10.3. The second-order valence-electron chi connectivity index (χ2n) is 7.97. The van der Waals surface area contributed by atoms with Crippen LogP contribution in [0.1, 0.15) is 63.6 Å². The Kier molecular flexibility index (Phi) is 6.64. The van der Waals surface area contributed by atoms with Crippen LogP contribution in [-0.4, -0.2) is 21.9 Å². The summed E-state index contributed by atoms with van der Waals surface area (Å²) in [5.41, 5.74) is 6.47. The van der Waals surface area contributed by atoms with Gasteiger partial charge in [-0.2, -0.15) is 20.1 Å². The van der Waals surface area contributed by atoms with E-state index in [9.17, 15) is 14.9 Å². The van der Waals surface area contributed by atoms with Crippen LogP contribution in [0.5, 0.6) is 0 Å². The summed E-state index contributed by atoms with van der Waals surface area (Å²) in [4.78, 5) is 25.6. The van der Waals surface area contributed by atoms with Crippen molar-refractivity contribution in [3.05, 3.63) is 91.9 Å². The molecule has 3 rings (SSSR count). The third-order valence-electron chi connectivity index (χ3n) is 5.38.